The number of carbonyl (C=O) groups is 1. The average molecular weight is 346 g/mol. The Kier molecular flexibility index (Phi) is 4.10. The van der Waals surface area contributed by atoms with Crippen LogP contribution in [0.25, 0.3) is 22.3 Å². The Morgan fingerprint density at radius 3 is 2.84 bits per heavy atom. The normalized spacial score (nSPS) is 11.2. The highest BCUT2D eigenvalue weighted by Gasteiger charge is 2.05. The number of hydrogen-bond acceptors (Lipinski definition) is 4. The second-order valence-electron chi connectivity index (χ2n) is 5.41. The lowest BCUT2D eigenvalue weighted by molar-refractivity contribution is -0.111. The third kappa shape index (κ3) is 3.49. The van der Waals surface area contributed by atoms with Gasteiger partial charge in [-0.15, -0.1) is 11.3 Å². The van der Waals surface area contributed by atoms with Crippen molar-refractivity contribution in [2.75, 3.05) is 5.32 Å². The Labute approximate surface area is 148 Å². The number of nitrogens with zero attached hydrogens (tertiary/aromatic N) is 3. The summed E-state index contributed by atoms with van der Waals surface area (Å²) in [6.45, 7) is 0. The van der Waals surface area contributed by atoms with E-state index in [1.165, 1.54) is 6.08 Å². The van der Waals surface area contributed by atoms with Crippen LogP contribution < -0.4 is 5.32 Å². The predicted molar refractivity (Wildman–Crippen MR) is 100 cm³/mol. The zero-order valence-electron chi connectivity index (χ0n) is 13.2. The molecule has 0 aliphatic rings. The van der Waals surface area contributed by atoms with Gasteiger partial charge in [0.2, 0.25) is 5.91 Å². The predicted octanol–water partition coefficient (Wildman–Crippen LogP) is 4.11. The summed E-state index contributed by atoms with van der Waals surface area (Å²) in [6.07, 6.45) is 10.6. The number of carbonyl (C=O) groups excluding carboxylic acids is 1. The van der Waals surface area contributed by atoms with Crippen molar-refractivity contribution in [3.05, 3.63) is 78.2 Å². The molecule has 6 heteroatoms. The fourth-order valence-corrected chi connectivity index (χ4v) is 3.12. The molecule has 1 amide bonds. The van der Waals surface area contributed by atoms with E-state index in [4.69, 9.17) is 0 Å². The van der Waals surface area contributed by atoms with E-state index in [2.05, 4.69) is 15.3 Å². The molecule has 0 bridgehead atoms. The van der Waals surface area contributed by atoms with Crippen molar-refractivity contribution in [3.63, 3.8) is 0 Å². The molecule has 0 unspecified atom stereocenters. The van der Waals surface area contributed by atoms with Gasteiger partial charge in [-0.2, -0.15) is 0 Å². The van der Waals surface area contributed by atoms with E-state index < -0.39 is 0 Å². The first-order valence-electron chi connectivity index (χ1n) is 7.70. The molecule has 3 aromatic heterocycles. The summed E-state index contributed by atoms with van der Waals surface area (Å²) >= 11 is 1.60. The maximum absolute atomic E-state index is 12.0. The molecule has 5 nitrogen and oxygen atoms in total. The van der Waals surface area contributed by atoms with Crippen LogP contribution in [0.4, 0.5) is 5.69 Å². The first kappa shape index (κ1) is 15.3. The number of thiazole rings is 1. The highest BCUT2D eigenvalue weighted by atomic mass is 32.1. The summed E-state index contributed by atoms with van der Waals surface area (Å²) in [5, 5.41) is 4.85. The lowest BCUT2D eigenvalue weighted by atomic mass is 10.1. The summed E-state index contributed by atoms with van der Waals surface area (Å²) < 4.78 is 2.00. The van der Waals surface area contributed by atoms with E-state index >= 15 is 0 Å². The van der Waals surface area contributed by atoms with Gasteiger partial charge in [0.1, 0.15) is 0 Å². The van der Waals surface area contributed by atoms with Gasteiger partial charge in [-0.1, -0.05) is 18.2 Å². The van der Waals surface area contributed by atoms with Crippen LogP contribution in [0.3, 0.4) is 0 Å². The number of imidazole rings is 1. The topological polar surface area (TPSA) is 59.3 Å². The molecule has 4 aromatic rings. The third-order valence-electron chi connectivity index (χ3n) is 3.65. The standard InChI is InChI=1S/C19H14N4OS/c24-18(8-3-14-2-1-9-20-12-14)21-16-6-4-15(5-7-16)17-13-23-10-11-25-19(23)22-17/h1-13H,(H,21,24)/b8-3+. The largest absolute Gasteiger partial charge is 0.323 e. The molecule has 25 heavy (non-hydrogen) atoms. The van der Waals surface area contributed by atoms with E-state index in [9.17, 15) is 4.79 Å². The van der Waals surface area contributed by atoms with E-state index in [1.54, 1.807) is 29.8 Å². The first-order valence-corrected chi connectivity index (χ1v) is 8.58. The maximum atomic E-state index is 12.0. The summed E-state index contributed by atoms with van der Waals surface area (Å²) in [5.74, 6) is -0.181. The second-order valence-corrected chi connectivity index (χ2v) is 6.28. The lowest BCUT2D eigenvalue weighted by Crippen LogP contribution is -2.07. The van der Waals surface area contributed by atoms with Crippen molar-refractivity contribution in [1.82, 2.24) is 14.4 Å². The average Bonchev–Trinajstić information content (AvgIpc) is 3.24. The monoisotopic (exact) mass is 346 g/mol. The number of amides is 1. The van der Waals surface area contributed by atoms with Gasteiger partial charge >= 0.3 is 0 Å². The molecule has 0 atom stereocenters. The molecule has 1 N–H and O–H groups in total. The zero-order valence-corrected chi connectivity index (χ0v) is 14.0. The number of rotatable bonds is 4. The molecular formula is C19H14N4OS. The van der Waals surface area contributed by atoms with Gasteiger partial charge in [0.25, 0.3) is 0 Å². The lowest BCUT2D eigenvalue weighted by Gasteiger charge is -2.03. The fraction of sp³-hybridized carbons (Fsp3) is 0. The van der Waals surface area contributed by atoms with Crippen molar-refractivity contribution in [1.29, 1.82) is 0 Å². The second kappa shape index (κ2) is 6.70. The van der Waals surface area contributed by atoms with Gasteiger partial charge in [0.05, 0.1) is 5.69 Å². The van der Waals surface area contributed by atoms with Crippen LogP contribution in [0.5, 0.6) is 0 Å². The van der Waals surface area contributed by atoms with Gasteiger partial charge in [0.15, 0.2) is 4.96 Å². The minimum atomic E-state index is -0.181. The minimum Gasteiger partial charge on any atom is -0.323 e. The Hall–Kier alpha value is -3.25. The SMILES string of the molecule is O=C(/C=C/c1cccnc1)Nc1ccc(-c2cn3ccsc3n2)cc1. The van der Waals surface area contributed by atoms with Crippen LogP contribution in [0.1, 0.15) is 5.56 Å². The Morgan fingerprint density at radius 1 is 1.20 bits per heavy atom. The number of nitrogens with one attached hydrogen (secondary N) is 1. The molecule has 0 aliphatic heterocycles. The maximum Gasteiger partial charge on any atom is 0.248 e. The molecule has 0 saturated carbocycles. The van der Waals surface area contributed by atoms with E-state index in [0.717, 1.165) is 27.5 Å². The van der Waals surface area contributed by atoms with Crippen LogP contribution in [0, 0.1) is 0 Å². The first-order chi connectivity index (χ1) is 12.3. The number of pyridine rings is 1. The molecule has 4 rings (SSSR count). The molecule has 0 radical (unpaired) electrons. The Balaban J connectivity index is 1.44. The van der Waals surface area contributed by atoms with Gasteiger partial charge in [-0.25, -0.2) is 4.98 Å². The van der Waals surface area contributed by atoms with Crippen LogP contribution in [-0.2, 0) is 4.79 Å². The van der Waals surface area contributed by atoms with E-state index in [0.29, 0.717) is 0 Å². The molecular weight excluding hydrogens is 332 g/mol. The summed E-state index contributed by atoms with van der Waals surface area (Å²) in [6, 6.07) is 11.4. The zero-order chi connectivity index (χ0) is 17.1. The molecule has 0 fully saturated rings. The van der Waals surface area contributed by atoms with Crippen molar-refractivity contribution in [3.8, 4) is 11.3 Å². The third-order valence-corrected chi connectivity index (χ3v) is 4.42. The molecule has 0 aliphatic carbocycles. The van der Waals surface area contributed by atoms with Crippen molar-refractivity contribution in [2.24, 2.45) is 0 Å². The van der Waals surface area contributed by atoms with Gasteiger partial charge < -0.3 is 5.32 Å². The van der Waals surface area contributed by atoms with Gasteiger partial charge in [-0.05, 0) is 29.8 Å². The number of anilines is 1. The quantitative estimate of drug-likeness (QED) is 0.566. The number of aromatic nitrogens is 3. The van der Waals surface area contributed by atoms with E-state index in [1.807, 2.05) is 58.6 Å². The number of fused-ring (bicyclic) bond motifs is 1. The van der Waals surface area contributed by atoms with Crippen LogP contribution in [-0.4, -0.2) is 20.3 Å². The summed E-state index contributed by atoms with van der Waals surface area (Å²) in [4.78, 5) is 21.5. The number of benzene rings is 1. The molecule has 1 aromatic carbocycles. The van der Waals surface area contributed by atoms with Crippen molar-refractivity contribution in [2.45, 2.75) is 0 Å². The van der Waals surface area contributed by atoms with Crippen molar-refractivity contribution >= 4 is 34.0 Å². The highest BCUT2D eigenvalue weighted by molar-refractivity contribution is 7.15. The summed E-state index contributed by atoms with van der Waals surface area (Å²) in [5.41, 5.74) is 3.55. The minimum absolute atomic E-state index is 0.181. The van der Waals surface area contributed by atoms with Crippen LogP contribution in [0.2, 0.25) is 0 Å². The summed E-state index contributed by atoms with van der Waals surface area (Å²) in [7, 11) is 0. The molecule has 0 spiro atoms. The van der Waals surface area contributed by atoms with Crippen LogP contribution >= 0.6 is 11.3 Å². The Morgan fingerprint density at radius 2 is 2.08 bits per heavy atom. The number of hydrogen-bond donors (Lipinski definition) is 1. The molecule has 3 heterocycles. The van der Waals surface area contributed by atoms with Crippen LogP contribution in [0.15, 0.2) is 72.6 Å². The molecule has 122 valence electrons. The van der Waals surface area contributed by atoms with Gasteiger partial charge in [-0.3, -0.25) is 14.2 Å². The Bertz CT molecular complexity index is 1000. The molecule has 0 saturated heterocycles. The smallest absolute Gasteiger partial charge is 0.248 e. The fourth-order valence-electron chi connectivity index (χ4n) is 2.42. The van der Waals surface area contributed by atoms with Gasteiger partial charge in [0, 0.05) is 47.5 Å². The van der Waals surface area contributed by atoms with E-state index in [-0.39, 0.29) is 5.91 Å². The van der Waals surface area contributed by atoms with Crippen molar-refractivity contribution < 1.29 is 4.79 Å². The highest BCUT2D eigenvalue weighted by Crippen LogP contribution is 2.23.